The topological polar surface area (TPSA) is 98.3 Å². The molecule has 7 nitrogen and oxygen atoms in total. The van der Waals surface area contributed by atoms with E-state index < -0.39 is 28.0 Å². The van der Waals surface area contributed by atoms with Crippen LogP contribution >= 0.6 is 0 Å². The maximum Gasteiger partial charge on any atom is 0.338 e. The second-order valence-corrected chi connectivity index (χ2v) is 4.59. The quantitative estimate of drug-likeness (QED) is 0.692. The predicted octanol–water partition coefficient (Wildman–Crippen LogP) is 2.54. The molecule has 0 aliphatic rings. The summed E-state index contributed by atoms with van der Waals surface area (Å²) in [5.74, 6) is -2.61. The highest BCUT2D eigenvalue weighted by atomic mass is 19.1. The number of benzene rings is 1. The number of aromatic nitrogens is 2. The van der Waals surface area contributed by atoms with Crippen LogP contribution in [0.4, 0.5) is 10.1 Å². The van der Waals surface area contributed by atoms with E-state index in [1.54, 1.807) is 20.8 Å². The molecule has 1 N–H and O–H groups in total. The first-order valence-electron chi connectivity index (χ1n) is 5.98. The molecule has 0 aliphatic carbocycles. The minimum absolute atomic E-state index is 0.101. The van der Waals surface area contributed by atoms with E-state index >= 15 is 0 Å². The first-order valence-corrected chi connectivity index (χ1v) is 5.98. The van der Waals surface area contributed by atoms with Crippen LogP contribution < -0.4 is 0 Å². The summed E-state index contributed by atoms with van der Waals surface area (Å²) in [5.41, 5.74) is 0.744. The molecule has 0 saturated heterocycles. The monoisotopic (exact) mass is 293 g/mol. The van der Waals surface area contributed by atoms with Crippen LogP contribution in [0.15, 0.2) is 12.1 Å². The summed E-state index contributed by atoms with van der Waals surface area (Å²) in [7, 11) is 0. The number of nitrogens with zero attached hydrogens (tertiary/aromatic N) is 3. The molecule has 0 aliphatic heterocycles. The molecule has 0 bridgehead atoms. The molecule has 0 amide bonds. The number of rotatable bonds is 3. The fourth-order valence-electron chi connectivity index (χ4n) is 1.99. The van der Waals surface area contributed by atoms with Crippen LogP contribution in [0.5, 0.6) is 0 Å². The van der Waals surface area contributed by atoms with Crippen molar-refractivity contribution < 1.29 is 19.2 Å². The van der Waals surface area contributed by atoms with Crippen LogP contribution in [0.3, 0.4) is 0 Å². The molecule has 0 radical (unpaired) electrons. The number of nitro groups is 1. The first kappa shape index (κ1) is 14.6. The number of carboxylic acids is 1. The van der Waals surface area contributed by atoms with Gasteiger partial charge in [-0.2, -0.15) is 5.10 Å². The lowest BCUT2D eigenvalue weighted by atomic mass is 10.1. The van der Waals surface area contributed by atoms with Gasteiger partial charge in [-0.15, -0.1) is 0 Å². The highest BCUT2D eigenvalue weighted by molar-refractivity contribution is 5.89. The number of aromatic carboxylic acids is 1. The number of carboxylic acid groups (broad SMARTS) is 1. The Balaban J connectivity index is 2.79. The SMILES string of the molecule is Cc1nn(-c2cc(F)c(C(=O)O)cc2[N+](=O)[O-])c(C)c1C. The lowest BCUT2D eigenvalue weighted by Crippen LogP contribution is -2.08. The minimum atomic E-state index is -1.56. The first-order chi connectivity index (χ1) is 9.73. The van der Waals surface area contributed by atoms with E-state index in [4.69, 9.17) is 5.11 Å². The number of aryl methyl sites for hydroxylation is 1. The van der Waals surface area contributed by atoms with Crippen LogP contribution in [-0.4, -0.2) is 25.8 Å². The summed E-state index contributed by atoms with van der Waals surface area (Å²) in [4.78, 5) is 21.3. The maximum atomic E-state index is 13.8. The van der Waals surface area contributed by atoms with Gasteiger partial charge in [0.1, 0.15) is 17.1 Å². The Bertz CT molecular complexity index is 767. The normalized spacial score (nSPS) is 10.7. The molecule has 0 atom stereocenters. The second kappa shape index (κ2) is 4.97. The number of carbonyl (C=O) groups is 1. The van der Waals surface area contributed by atoms with Crippen molar-refractivity contribution in [1.82, 2.24) is 9.78 Å². The number of hydrogen-bond donors (Lipinski definition) is 1. The average molecular weight is 293 g/mol. The zero-order valence-electron chi connectivity index (χ0n) is 11.5. The average Bonchev–Trinajstić information content (AvgIpc) is 2.65. The van der Waals surface area contributed by atoms with Gasteiger partial charge >= 0.3 is 5.97 Å². The van der Waals surface area contributed by atoms with Gasteiger partial charge in [-0.25, -0.2) is 13.9 Å². The van der Waals surface area contributed by atoms with Crippen molar-refractivity contribution in [3.05, 3.63) is 50.6 Å². The molecule has 2 aromatic rings. The van der Waals surface area contributed by atoms with Gasteiger partial charge < -0.3 is 5.11 Å². The Morgan fingerprint density at radius 3 is 2.43 bits per heavy atom. The smallest absolute Gasteiger partial charge is 0.338 e. The van der Waals surface area contributed by atoms with E-state index in [0.29, 0.717) is 17.5 Å². The predicted molar refractivity (Wildman–Crippen MR) is 71.3 cm³/mol. The number of nitro benzene ring substituents is 1. The standard InChI is InChI=1S/C13H12FN3O4/c1-6-7(2)15-16(8(6)3)11-5-10(14)9(13(18)19)4-12(11)17(20)21/h4-5H,1-3H3,(H,18,19). The molecule has 110 valence electrons. The van der Waals surface area contributed by atoms with Gasteiger partial charge in [-0.05, 0) is 26.3 Å². The second-order valence-electron chi connectivity index (χ2n) is 4.59. The highest BCUT2D eigenvalue weighted by Crippen LogP contribution is 2.28. The van der Waals surface area contributed by atoms with Gasteiger partial charge in [-0.1, -0.05) is 0 Å². The summed E-state index contributed by atoms with van der Waals surface area (Å²) >= 11 is 0. The third-order valence-corrected chi connectivity index (χ3v) is 3.37. The van der Waals surface area contributed by atoms with Gasteiger partial charge in [0.05, 0.1) is 10.6 Å². The van der Waals surface area contributed by atoms with Crippen molar-refractivity contribution in [3.63, 3.8) is 0 Å². The molecule has 1 aromatic heterocycles. The summed E-state index contributed by atoms with van der Waals surface area (Å²) in [6.45, 7) is 5.22. The molecule has 1 aromatic carbocycles. The summed E-state index contributed by atoms with van der Waals surface area (Å²) in [5, 5.41) is 24.1. The molecule has 0 spiro atoms. The molecule has 0 saturated carbocycles. The Hall–Kier alpha value is -2.77. The lowest BCUT2D eigenvalue weighted by Gasteiger charge is -2.07. The van der Waals surface area contributed by atoms with Crippen molar-refractivity contribution in [2.45, 2.75) is 20.8 Å². The molecule has 21 heavy (non-hydrogen) atoms. The minimum Gasteiger partial charge on any atom is -0.478 e. The van der Waals surface area contributed by atoms with E-state index in [2.05, 4.69) is 5.10 Å². The largest absolute Gasteiger partial charge is 0.478 e. The molecular formula is C13H12FN3O4. The molecule has 0 fully saturated rings. The fourth-order valence-corrected chi connectivity index (χ4v) is 1.99. The van der Waals surface area contributed by atoms with Gasteiger partial charge in [-0.3, -0.25) is 10.1 Å². The fraction of sp³-hybridized carbons (Fsp3) is 0.231. The molecule has 0 unspecified atom stereocenters. The summed E-state index contributed by atoms with van der Waals surface area (Å²) in [6, 6.07) is 1.53. The number of halogens is 1. The summed E-state index contributed by atoms with van der Waals surface area (Å²) in [6.07, 6.45) is 0. The maximum absolute atomic E-state index is 13.8. The Morgan fingerprint density at radius 1 is 1.38 bits per heavy atom. The van der Waals surface area contributed by atoms with Crippen LogP contribution in [0, 0.1) is 36.7 Å². The van der Waals surface area contributed by atoms with E-state index in [1.165, 1.54) is 4.68 Å². The third-order valence-electron chi connectivity index (χ3n) is 3.37. The van der Waals surface area contributed by atoms with Crippen LogP contribution in [0.25, 0.3) is 5.69 Å². The highest BCUT2D eigenvalue weighted by Gasteiger charge is 2.25. The van der Waals surface area contributed by atoms with Gasteiger partial charge in [0, 0.05) is 17.8 Å². The van der Waals surface area contributed by atoms with Gasteiger partial charge in [0.25, 0.3) is 5.69 Å². The van der Waals surface area contributed by atoms with Crippen molar-refractivity contribution >= 4 is 11.7 Å². The molecule has 8 heteroatoms. The number of hydrogen-bond acceptors (Lipinski definition) is 4. The van der Waals surface area contributed by atoms with E-state index in [1.807, 2.05) is 0 Å². The van der Waals surface area contributed by atoms with Crippen molar-refractivity contribution in [2.75, 3.05) is 0 Å². The van der Waals surface area contributed by atoms with E-state index in [9.17, 15) is 19.3 Å². The lowest BCUT2D eigenvalue weighted by molar-refractivity contribution is -0.384. The zero-order chi connectivity index (χ0) is 15.9. The van der Waals surface area contributed by atoms with Gasteiger partial charge in [0.15, 0.2) is 0 Å². The van der Waals surface area contributed by atoms with Crippen molar-refractivity contribution in [1.29, 1.82) is 0 Å². The van der Waals surface area contributed by atoms with E-state index in [-0.39, 0.29) is 5.69 Å². The Labute approximate surface area is 118 Å². The van der Waals surface area contributed by atoms with Crippen LogP contribution in [0.2, 0.25) is 0 Å². The van der Waals surface area contributed by atoms with Crippen LogP contribution in [-0.2, 0) is 0 Å². The zero-order valence-corrected chi connectivity index (χ0v) is 11.5. The van der Waals surface area contributed by atoms with Crippen LogP contribution in [0.1, 0.15) is 27.3 Å². The third kappa shape index (κ3) is 2.35. The molecular weight excluding hydrogens is 281 g/mol. The Kier molecular flexibility index (Phi) is 3.46. The molecule has 1 heterocycles. The van der Waals surface area contributed by atoms with Crippen molar-refractivity contribution in [3.8, 4) is 5.69 Å². The Morgan fingerprint density at radius 2 is 2.00 bits per heavy atom. The van der Waals surface area contributed by atoms with Crippen molar-refractivity contribution in [2.24, 2.45) is 0 Å². The van der Waals surface area contributed by atoms with Gasteiger partial charge in [0.2, 0.25) is 0 Å². The molecule has 2 rings (SSSR count). The van der Waals surface area contributed by atoms with E-state index in [0.717, 1.165) is 11.6 Å². The summed E-state index contributed by atoms with van der Waals surface area (Å²) < 4.78 is 15.1.